The molecule has 1 aliphatic heterocycles. The number of amides is 1. The molecule has 19 heavy (non-hydrogen) atoms. The van der Waals surface area contributed by atoms with Crippen molar-refractivity contribution in [2.45, 2.75) is 25.0 Å². The van der Waals surface area contributed by atoms with Crippen LogP contribution in [-0.2, 0) is 0 Å². The molecule has 104 valence electrons. The van der Waals surface area contributed by atoms with Crippen molar-refractivity contribution in [3.05, 3.63) is 34.1 Å². The van der Waals surface area contributed by atoms with E-state index in [0.717, 1.165) is 25.3 Å². The average Bonchev–Trinajstić information content (AvgIpc) is 2.53. The second-order valence-corrected chi connectivity index (χ2v) is 7.94. The summed E-state index contributed by atoms with van der Waals surface area (Å²) in [6, 6.07) is 4.55. The Kier molecular flexibility index (Phi) is 4.56. The van der Waals surface area contributed by atoms with Gasteiger partial charge in [-0.3, -0.25) is 4.79 Å². The molecule has 5 heteroatoms. The molecule has 0 spiro atoms. The molecule has 0 N–H and O–H groups in total. The van der Waals surface area contributed by atoms with Crippen LogP contribution >= 0.6 is 27.7 Å². The third kappa shape index (κ3) is 3.72. The van der Waals surface area contributed by atoms with Crippen LogP contribution < -0.4 is 0 Å². The minimum Gasteiger partial charge on any atom is -0.338 e. The highest BCUT2D eigenvalue weighted by molar-refractivity contribution is 9.10. The Bertz CT molecular complexity index is 492. The number of hydrogen-bond donors (Lipinski definition) is 0. The van der Waals surface area contributed by atoms with Gasteiger partial charge in [-0.05, 0) is 40.5 Å². The number of carbonyl (C=O) groups is 1. The zero-order chi connectivity index (χ0) is 14.0. The standard InChI is InChI=1S/C14H17BrFNOS/c1-14(2)5-6-17(7-8-19-14)13(18)10-3-4-11(15)12(16)9-10/h3-4,9H,5-8H2,1-2H3. The highest BCUT2D eigenvalue weighted by Crippen LogP contribution is 2.31. The van der Waals surface area contributed by atoms with Crippen LogP contribution in [0.2, 0.25) is 0 Å². The van der Waals surface area contributed by atoms with Crippen molar-refractivity contribution in [1.29, 1.82) is 0 Å². The summed E-state index contributed by atoms with van der Waals surface area (Å²) in [5.74, 6) is 0.456. The quantitative estimate of drug-likeness (QED) is 0.768. The lowest BCUT2D eigenvalue weighted by Crippen LogP contribution is -2.33. The van der Waals surface area contributed by atoms with Crippen molar-refractivity contribution in [2.75, 3.05) is 18.8 Å². The number of thioether (sulfide) groups is 1. The van der Waals surface area contributed by atoms with E-state index in [4.69, 9.17) is 0 Å². The predicted molar refractivity (Wildman–Crippen MR) is 81.2 cm³/mol. The second kappa shape index (κ2) is 5.83. The normalized spacial score (nSPS) is 19.1. The fourth-order valence-electron chi connectivity index (χ4n) is 2.04. The maximum absolute atomic E-state index is 13.5. The van der Waals surface area contributed by atoms with Crippen LogP contribution in [0.4, 0.5) is 4.39 Å². The maximum Gasteiger partial charge on any atom is 0.253 e. The van der Waals surface area contributed by atoms with Crippen molar-refractivity contribution in [3.8, 4) is 0 Å². The summed E-state index contributed by atoms with van der Waals surface area (Å²) in [4.78, 5) is 14.2. The molecule has 0 radical (unpaired) electrons. The van der Waals surface area contributed by atoms with Gasteiger partial charge in [-0.1, -0.05) is 13.8 Å². The van der Waals surface area contributed by atoms with Crippen molar-refractivity contribution in [1.82, 2.24) is 4.90 Å². The first-order valence-electron chi connectivity index (χ1n) is 6.27. The third-order valence-corrected chi connectivity index (χ3v) is 5.31. The Hall–Kier alpha value is -0.550. The summed E-state index contributed by atoms with van der Waals surface area (Å²) in [5.41, 5.74) is 0.422. The van der Waals surface area contributed by atoms with Gasteiger partial charge in [-0.15, -0.1) is 0 Å². The topological polar surface area (TPSA) is 20.3 Å². The van der Waals surface area contributed by atoms with Gasteiger partial charge in [0.25, 0.3) is 5.91 Å². The van der Waals surface area contributed by atoms with Crippen molar-refractivity contribution < 1.29 is 9.18 Å². The molecule has 0 unspecified atom stereocenters. The van der Waals surface area contributed by atoms with Gasteiger partial charge in [0.1, 0.15) is 5.82 Å². The fourth-order valence-corrected chi connectivity index (χ4v) is 3.38. The number of carbonyl (C=O) groups excluding carboxylic acids is 1. The van der Waals surface area contributed by atoms with E-state index in [9.17, 15) is 9.18 Å². The van der Waals surface area contributed by atoms with E-state index in [1.54, 1.807) is 12.1 Å². The lowest BCUT2D eigenvalue weighted by atomic mass is 10.1. The molecule has 2 rings (SSSR count). The minimum atomic E-state index is -0.393. The molecule has 2 nitrogen and oxygen atoms in total. The van der Waals surface area contributed by atoms with Crippen LogP contribution in [0, 0.1) is 5.82 Å². The van der Waals surface area contributed by atoms with Crippen molar-refractivity contribution in [2.24, 2.45) is 0 Å². The van der Waals surface area contributed by atoms with Crippen LogP contribution in [-0.4, -0.2) is 34.4 Å². The Balaban J connectivity index is 2.13. The molecular weight excluding hydrogens is 329 g/mol. The Labute approximate surface area is 125 Å². The molecule has 0 atom stereocenters. The summed E-state index contributed by atoms with van der Waals surface area (Å²) in [5, 5.41) is 0. The molecule has 0 saturated carbocycles. The number of nitrogens with zero attached hydrogens (tertiary/aromatic N) is 1. The van der Waals surface area contributed by atoms with Crippen LogP contribution in [0.25, 0.3) is 0 Å². The van der Waals surface area contributed by atoms with Crippen LogP contribution in [0.15, 0.2) is 22.7 Å². The molecule has 1 amide bonds. The Morgan fingerprint density at radius 2 is 2.16 bits per heavy atom. The molecule has 1 saturated heterocycles. The van der Waals surface area contributed by atoms with Gasteiger partial charge >= 0.3 is 0 Å². The van der Waals surface area contributed by atoms with Gasteiger partial charge in [-0.2, -0.15) is 11.8 Å². The van der Waals surface area contributed by atoms with E-state index in [0.29, 0.717) is 10.0 Å². The molecule has 1 aromatic rings. The average molecular weight is 346 g/mol. The molecule has 1 fully saturated rings. The van der Waals surface area contributed by atoms with Gasteiger partial charge in [0.05, 0.1) is 4.47 Å². The molecule has 0 aliphatic carbocycles. The highest BCUT2D eigenvalue weighted by Gasteiger charge is 2.26. The molecule has 1 aromatic carbocycles. The first-order valence-corrected chi connectivity index (χ1v) is 8.05. The molecule has 1 aliphatic rings. The Morgan fingerprint density at radius 1 is 1.42 bits per heavy atom. The summed E-state index contributed by atoms with van der Waals surface area (Å²) in [6.07, 6.45) is 0.961. The Morgan fingerprint density at radius 3 is 2.84 bits per heavy atom. The molecular formula is C14H17BrFNOS. The first kappa shape index (κ1) is 14.9. The van der Waals surface area contributed by atoms with Gasteiger partial charge in [0.2, 0.25) is 0 Å². The largest absolute Gasteiger partial charge is 0.338 e. The van der Waals surface area contributed by atoms with E-state index in [1.807, 2.05) is 16.7 Å². The second-order valence-electron chi connectivity index (χ2n) is 5.28. The monoisotopic (exact) mass is 345 g/mol. The molecule has 1 heterocycles. The minimum absolute atomic E-state index is 0.0790. The molecule has 0 aromatic heterocycles. The maximum atomic E-state index is 13.5. The van der Waals surface area contributed by atoms with Crippen molar-refractivity contribution >= 4 is 33.6 Å². The van der Waals surface area contributed by atoms with E-state index in [2.05, 4.69) is 29.8 Å². The van der Waals surface area contributed by atoms with E-state index >= 15 is 0 Å². The van der Waals surface area contributed by atoms with E-state index in [1.165, 1.54) is 6.07 Å². The van der Waals surface area contributed by atoms with Gasteiger partial charge in [0, 0.05) is 29.2 Å². The smallest absolute Gasteiger partial charge is 0.253 e. The number of halogens is 2. The summed E-state index contributed by atoms with van der Waals surface area (Å²) in [6.45, 7) is 5.86. The van der Waals surface area contributed by atoms with Crippen LogP contribution in [0.1, 0.15) is 30.6 Å². The SMILES string of the molecule is CC1(C)CCN(C(=O)c2ccc(Br)c(F)c2)CCS1. The fraction of sp³-hybridized carbons (Fsp3) is 0.500. The number of rotatable bonds is 1. The van der Waals surface area contributed by atoms with Crippen LogP contribution in [0.3, 0.4) is 0 Å². The highest BCUT2D eigenvalue weighted by atomic mass is 79.9. The zero-order valence-corrected chi connectivity index (χ0v) is 13.5. The lowest BCUT2D eigenvalue weighted by molar-refractivity contribution is 0.0764. The van der Waals surface area contributed by atoms with Gasteiger partial charge < -0.3 is 4.90 Å². The summed E-state index contributed by atoms with van der Waals surface area (Å²) >= 11 is 4.99. The van der Waals surface area contributed by atoms with Gasteiger partial charge in [0.15, 0.2) is 0 Å². The van der Waals surface area contributed by atoms with E-state index < -0.39 is 5.82 Å². The van der Waals surface area contributed by atoms with Gasteiger partial charge in [-0.25, -0.2) is 4.39 Å². The third-order valence-electron chi connectivity index (χ3n) is 3.29. The summed E-state index contributed by atoms with van der Waals surface area (Å²) < 4.78 is 14.1. The molecule has 0 bridgehead atoms. The number of hydrogen-bond acceptors (Lipinski definition) is 2. The predicted octanol–water partition coefficient (Wildman–Crippen LogP) is 3.95. The zero-order valence-electron chi connectivity index (χ0n) is 11.1. The first-order chi connectivity index (χ1) is 8.89. The summed E-state index contributed by atoms with van der Waals surface area (Å²) in [7, 11) is 0. The van der Waals surface area contributed by atoms with Crippen molar-refractivity contribution in [3.63, 3.8) is 0 Å². The van der Waals surface area contributed by atoms with Crippen LogP contribution in [0.5, 0.6) is 0 Å². The number of benzene rings is 1. The lowest BCUT2D eigenvalue weighted by Gasteiger charge is -2.22. The van der Waals surface area contributed by atoms with E-state index in [-0.39, 0.29) is 10.7 Å².